The van der Waals surface area contributed by atoms with E-state index in [1.807, 2.05) is 35.4 Å². The fourth-order valence-corrected chi connectivity index (χ4v) is 4.93. The van der Waals surface area contributed by atoms with Gasteiger partial charge in [0.05, 0.1) is 0 Å². The Morgan fingerprint density at radius 1 is 0.946 bits per heavy atom. The number of aryl methyl sites for hydroxylation is 1. The minimum absolute atomic E-state index is 0.0449. The van der Waals surface area contributed by atoms with Gasteiger partial charge < -0.3 is 14.8 Å². The van der Waals surface area contributed by atoms with Crippen molar-refractivity contribution in [3.05, 3.63) is 106 Å². The van der Waals surface area contributed by atoms with E-state index in [1.54, 1.807) is 17.0 Å². The number of para-hydroxylation sites is 1. The first kappa shape index (κ1) is 26.7. The molecule has 6 heteroatoms. The van der Waals surface area contributed by atoms with Crippen LogP contribution in [0.4, 0.5) is 0 Å². The number of hydrogen-bond acceptors (Lipinski definition) is 2. The Morgan fingerprint density at radius 2 is 1.70 bits per heavy atom. The fourth-order valence-electron chi connectivity index (χ4n) is 4.53. The highest BCUT2D eigenvalue weighted by atomic mass is 79.9. The smallest absolute Gasteiger partial charge is 0.254 e. The van der Waals surface area contributed by atoms with Gasteiger partial charge in [-0.2, -0.15) is 0 Å². The monoisotopic (exact) mass is 559 g/mol. The molecule has 0 spiro atoms. The third-order valence-electron chi connectivity index (χ3n) is 6.44. The summed E-state index contributed by atoms with van der Waals surface area (Å²) < 4.78 is 0.842. The lowest BCUT2D eigenvalue weighted by Crippen LogP contribution is -2.44. The summed E-state index contributed by atoms with van der Waals surface area (Å²) in [5.74, 6) is 0.0559. The number of amides is 2. The molecular formula is C31H34BrN3O2. The van der Waals surface area contributed by atoms with Crippen molar-refractivity contribution in [2.75, 3.05) is 19.6 Å². The Labute approximate surface area is 227 Å². The van der Waals surface area contributed by atoms with Crippen LogP contribution in [-0.2, 0) is 17.8 Å². The van der Waals surface area contributed by atoms with Gasteiger partial charge in [0.2, 0.25) is 5.91 Å². The van der Waals surface area contributed by atoms with E-state index in [0.717, 1.165) is 22.0 Å². The number of aromatic nitrogens is 1. The molecule has 192 valence electrons. The zero-order valence-corrected chi connectivity index (χ0v) is 23.3. The first-order valence-corrected chi connectivity index (χ1v) is 13.5. The van der Waals surface area contributed by atoms with Crippen LogP contribution >= 0.6 is 15.9 Å². The van der Waals surface area contributed by atoms with Gasteiger partial charge in [0.15, 0.2) is 0 Å². The lowest BCUT2D eigenvalue weighted by molar-refractivity contribution is -0.132. The molecule has 0 saturated carbocycles. The third-order valence-corrected chi connectivity index (χ3v) is 6.94. The number of carbonyl (C=O) groups excluding carboxylic acids is 2. The van der Waals surface area contributed by atoms with Gasteiger partial charge in [0.25, 0.3) is 5.91 Å². The van der Waals surface area contributed by atoms with Gasteiger partial charge in [-0.1, -0.05) is 83.9 Å². The number of H-pyrrole nitrogens is 1. The molecule has 37 heavy (non-hydrogen) atoms. The van der Waals surface area contributed by atoms with Crippen LogP contribution in [0.15, 0.2) is 83.5 Å². The predicted molar refractivity (Wildman–Crippen MR) is 153 cm³/mol. The zero-order valence-electron chi connectivity index (χ0n) is 21.7. The lowest BCUT2D eigenvalue weighted by atomic mass is 10.1. The molecule has 0 saturated heterocycles. The highest BCUT2D eigenvalue weighted by Gasteiger charge is 2.24. The van der Waals surface area contributed by atoms with Gasteiger partial charge in [-0.25, -0.2) is 0 Å². The minimum Gasteiger partial charge on any atom is -0.361 e. The number of rotatable bonds is 10. The molecule has 0 aliphatic carbocycles. The van der Waals surface area contributed by atoms with E-state index in [1.165, 1.54) is 16.5 Å². The number of aromatic amines is 1. The van der Waals surface area contributed by atoms with Crippen molar-refractivity contribution in [3.63, 3.8) is 0 Å². The molecule has 2 amide bonds. The van der Waals surface area contributed by atoms with Crippen LogP contribution < -0.4 is 0 Å². The van der Waals surface area contributed by atoms with Crippen molar-refractivity contribution >= 4 is 38.6 Å². The van der Waals surface area contributed by atoms with Crippen LogP contribution in [0.5, 0.6) is 0 Å². The summed E-state index contributed by atoms with van der Waals surface area (Å²) in [6.07, 6.45) is 2.76. The highest BCUT2D eigenvalue weighted by molar-refractivity contribution is 9.10. The maximum absolute atomic E-state index is 13.7. The second-order valence-corrected chi connectivity index (χ2v) is 10.9. The summed E-state index contributed by atoms with van der Waals surface area (Å²) in [4.78, 5) is 34.0. The topological polar surface area (TPSA) is 56.4 Å². The minimum atomic E-state index is -0.129. The van der Waals surface area contributed by atoms with Crippen molar-refractivity contribution in [1.29, 1.82) is 0 Å². The average Bonchev–Trinajstić information content (AvgIpc) is 3.29. The molecule has 0 fully saturated rings. The third kappa shape index (κ3) is 7.10. The van der Waals surface area contributed by atoms with E-state index in [0.29, 0.717) is 25.2 Å². The quantitative estimate of drug-likeness (QED) is 0.237. The van der Waals surface area contributed by atoms with Gasteiger partial charge in [-0.15, -0.1) is 0 Å². The zero-order chi connectivity index (χ0) is 26.4. The van der Waals surface area contributed by atoms with E-state index >= 15 is 0 Å². The van der Waals surface area contributed by atoms with Gasteiger partial charge in [0, 0.05) is 46.8 Å². The molecule has 0 bridgehead atoms. The molecule has 1 N–H and O–H groups in total. The maximum atomic E-state index is 13.7. The highest BCUT2D eigenvalue weighted by Crippen LogP contribution is 2.20. The first-order valence-electron chi connectivity index (χ1n) is 12.7. The van der Waals surface area contributed by atoms with Gasteiger partial charge in [0.1, 0.15) is 6.54 Å². The Hall–Kier alpha value is -3.38. The number of nitrogens with zero attached hydrogens (tertiary/aromatic N) is 2. The van der Waals surface area contributed by atoms with Crippen LogP contribution in [0.3, 0.4) is 0 Å². The molecule has 0 aliphatic heterocycles. The fraction of sp³-hybridized carbons (Fsp3) is 0.290. The van der Waals surface area contributed by atoms with Crippen LogP contribution in [0.1, 0.15) is 40.9 Å². The number of benzene rings is 3. The van der Waals surface area contributed by atoms with E-state index in [-0.39, 0.29) is 24.3 Å². The average molecular weight is 561 g/mol. The summed E-state index contributed by atoms with van der Waals surface area (Å²) >= 11 is 3.45. The number of hydrogen-bond donors (Lipinski definition) is 1. The van der Waals surface area contributed by atoms with E-state index in [2.05, 4.69) is 78.1 Å². The van der Waals surface area contributed by atoms with Crippen LogP contribution in [0, 0.1) is 12.8 Å². The van der Waals surface area contributed by atoms with Crippen molar-refractivity contribution in [2.45, 2.75) is 33.7 Å². The normalized spacial score (nSPS) is 11.2. The lowest BCUT2D eigenvalue weighted by Gasteiger charge is -2.29. The summed E-state index contributed by atoms with van der Waals surface area (Å²) in [5, 5.41) is 1.18. The van der Waals surface area contributed by atoms with Crippen LogP contribution in [0.25, 0.3) is 10.9 Å². The summed E-state index contributed by atoms with van der Waals surface area (Å²) in [7, 11) is 0. The Balaban J connectivity index is 1.55. The number of halogens is 1. The largest absolute Gasteiger partial charge is 0.361 e. The van der Waals surface area contributed by atoms with Gasteiger partial charge >= 0.3 is 0 Å². The molecule has 0 unspecified atom stereocenters. The molecular weight excluding hydrogens is 526 g/mol. The Morgan fingerprint density at radius 3 is 2.43 bits per heavy atom. The molecule has 3 aromatic carbocycles. The molecule has 0 radical (unpaired) electrons. The second kappa shape index (κ2) is 12.2. The van der Waals surface area contributed by atoms with Crippen molar-refractivity contribution in [1.82, 2.24) is 14.8 Å². The summed E-state index contributed by atoms with van der Waals surface area (Å²) in [6.45, 7) is 7.80. The molecule has 4 aromatic rings. The first-order chi connectivity index (χ1) is 17.8. The second-order valence-electron chi connectivity index (χ2n) is 10.0. The molecule has 1 aromatic heterocycles. The molecule has 1 heterocycles. The van der Waals surface area contributed by atoms with E-state index in [9.17, 15) is 9.59 Å². The van der Waals surface area contributed by atoms with Gasteiger partial charge in [-0.3, -0.25) is 9.59 Å². The van der Waals surface area contributed by atoms with Crippen LogP contribution in [-0.4, -0.2) is 46.2 Å². The molecule has 0 aliphatic rings. The van der Waals surface area contributed by atoms with Crippen molar-refractivity contribution in [2.24, 2.45) is 5.92 Å². The van der Waals surface area contributed by atoms with Crippen LogP contribution in [0.2, 0.25) is 0 Å². The Kier molecular flexibility index (Phi) is 8.82. The van der Waals surface area contributed by atoms with E-state index in [4.69, 9.17) is 0 Å². The number of carbonyl (C=O) groups is 2. The number of fused-ring (bicyclic) bond motifs is 1. The van der Waals surface area contributed by atoms with E-state index < -0.39 is 0 Å². The Bertz CT molecular complexity index is 1360. The van der Waals surface area contributed by atoms with Crippen molar-refractivity contribution in [3.8, 4) is 0 Å². The molecule has 5 nitrogen and oxygen atoms in total. The maximum Gasteiger partial charge on any atom is 0.254 e. The SMILES string of the molecule is Cc1ccc(CN(CCc2c[nH]c3ccccc23)C(=O)CN(CC(C)C)C(=O)c2cccc(Br)c2)cc1. The number of nitrogens with one attached hydrogen (secondary N) is 1. The van der Waals surface area contributed by atoms with Gasteiger partial charge in [-0.05, 0) is 54.7 Å². The molecule has 4 rings (SSSR count). The molecule has 0 atom stereocenters. The predicted octanol–water partition coefficient (Wildman–Crippen LogP) is 6.61. The summed E-state index contributed by atoms with van der Waals surface area (Å²) in [6, 6.07) is 23.8. The van der Waals surface area contributed by atoms with Crippen molar-refractivity contribution < 1.29 is 9.59 Å². The standard InChI is InChI=1S/C31H34BrN3O2/c1-22(2)19-35(31(37)25-7-6-8-27(32)17-25)21-30(36)34(20-24-13-11-23(3)12-14-24)16-15-26-18-33-29-10-5-4-9-28(26)29/h4-14,17-18,22,33H,15-16,19-21H2,1-3H3. The summed E-state index contributed by atoms with van der Waals surface area (Å²) in [5.41, 5.74) is 5.11.